The molecule has 1 aromatic carbocycles. The van der Waals surface area contributed by atoms with E-state index in [1.807, 2.05) is 6.07 Å². The van der Waals surface area contributed by atoms with E-state index in [0.29, 0.717) is 5.56 Å². The highest BCUT2D eigenvalue weighted by Gasteiger charge is 2.11. The second-order valence-corrected chi connectivity index (χ2v) is 3.52. The number of aromatic amines is 1. The molecule has 2 heterocycles. The molecule has 3 rings (SSSR count). The molecule has 0 spiro atoms. The number of aromatic nitrogens is 5. The summed E-state index contributed by atoms with van der Waals surface area (Å²) in [7, 11) is 0. The average Bonchev–Trinajstić information content (AvgIpc) is 2.95. The predicted octanol–water partition coefficient (Wildman–Crippen LogP) is 0.425. The number of fused-ring (bicyclic) bond motifs is 1. The molecular weight excluding hydrogens is 220 g/mol. The Morgan fingerprint density at radius 2 is 2.29 bits per heavy atom. The summed E-state index contributed by atoms with van der Waals surface area (Å²) >= 11 is 0. The summed E-state index contributed by atoms with van der Waals surface area (Å²) in [6.45, 7) is 0. The first-order valence-electron chi connectivity index (χ1n) is 4.89. The lowest BCUT2D eigenvalue weighted by molar-refractivity contribution is 0.0945. The maximum atomic E-state index is 12.0. The minimum absolute atomic E-state index is 0.0703. The number of nitrogens with two attached hydrogens (primary N) is 1. The fraction of sp³-hybridized carbons (Fsp3) is 0. The number of nitrogen functional groups attached to an aromatic ring is 1. The smallest absolute Gasteiger partial charge is 0.279 e. The second kappa shape index (κ2) is 3.41. The van der Waals surface area contributed by atoms with E-state index in [4.69, 9.17) is 5.73 Å². The third-order valence-corrected chi connectivity index (χ3v) is 2.41. The third-order valence-electron chi connectivity index (χ3n) is 2.41. The number of nitrogens with zero attached hydrogens (tertiary/aromatic N) is 4. The number of nitrogens with one attached hydrogen (secondary N) is 1. The molecular formula is C10H8N6O. The highest BCUT2D eigenvalue weighted by molar-refractivity contribution is 5.98. The van der Waals surface area contributed by atoms with E-state index in [1.165, 1.54) is 6.33 Å². The molecule has 0 fully saturated rings. The number of hydrogen-bond acceptors (Lipinski definition) is 5. The molecule has 3 aromatic rings. The molecule has 0 bridgehead atoms. The summed E-state index contributed by atoms with van der Waals surface area (Å²) in [5.41, 5.74) is 6.64. The zero-order valence-electron chi connectivity index (χ0n) is 8.66. The van der Waals surface area contributed by atoms with Gasteiger partial charge in [0.05, 0.1) is 11.7 Å². The van der Waals surface area contributed by atoms with Gasteiger partial charge in [-0.05, 0) is 12.1 Å². The molecule has 0 aliphatic carbocycles. The number of carbonyl (C=O) groups excluding carboxylic acids is 1. The van der Waals surface area contributed by atoms with Gasteiger partial charge in [0.2, 0.25) is 5.95 Å². The van der Waals surface area contributed by atoms with Crippen LogP contribution in [-0.4, -0.2) is 30.9 Å². The normalized spacial score (nSPS) is 10.8. The number of rotatable bonds is 1. The minimum Gasteiger partial charge on any atom is -0.366 e. The summed E-state index contributed by atoms with van der Waals surface area (Å²) in [4.78, 5) is 15.7. The molecule has 7 heteroatoms. The second-order valence-electron chi connectivity index (χ2n) is 3.52. The van der Waals surface area contributed by atoms with E-state index in [-0.39, 0.29) is 11.9 Å². The van der Waals surface area contributed by atoms with Gasteiger partial charge in [-0.15, -0.1) is 5.10 Å². The Balaban J connectivity index is 2.05. The Kier molecular flexibility index (Phi) is 1.91. The maximum absolute atomic E-state index is 12.0. The predicted molar refractivity (Wildman–Crippen MR) is 60.3 cm³/mol. The number of benzene rings is 1. The van der Waals surface area contributed by atoms with Gasteiger partial charge >= 0.3 is 0 Å². The first-order chi connectivity index (χ1) is 8.24. The molecule has 7 nitrogen and oxygen atoms in total. The van der Waals surface area contributed by atoms with E-state index in [1.54, 1.807) is 18.3 Å². The molecule has 0 saturated heterocycles. The molecule has 0 aliphatic heterocycles. The SMILES string of the molecule is Nc1ncn(C(=O)c2ccc3cn[nH]c3c2)n1. The van der Waals surface area contributed by atoms with Crippen LogP contribution in [-0.2, 0) is 0 Å². The lowest BCUT2D eigenvalue weighted by Crippen LogP contribution is -2.12. The van der Waals surface area contributed by atoms with Crippen LogP contribution in [0.15, 0.2) is 30.7 Å². The molecule has 84 valence electrons. The van der Waals surface area contributed by atoms with E-state index in [2.05, 4.69) is 20.3 Å². The van der Waals surface area contributed by atoms with E-state index < -0.39 is 0 Å². The zero-order valence-corrected chi connectivity index (χ0v) is 8.66. The Bertz CT molecular complexity index is 697. The van der Waals surface area contributed by atoms with E-state index in [0.717, 1.165) is 15.6 Å². The van der Waals surface area contributed by atoms with Crippen molar-refractivity contribution >= 4 is 22.8 Å². The first kappa shape index (κ1) is 9.52. The van der Waals surface area contributed by atoms with Crippen LogP contribution in [0.1, 0.15) is 10.4 Å². The van der Waals surface area contributed by atoms with Crippen molar-refractivity contribution in [3.8, 4) is 0 Å². The van der Waals surface area contributed by atoms with Crippen molar-refractivity contribution in [2.75, 3.05) is 5.73 Å². The minimum atomic E-state index is -0.286. The lowest BCUT2D eigenvalue weighted by atomic mass is 10.1. The van der Waals surface area contributed by atoms with E-state index >= 15 is 0 Å². The van der Waals surface area contributed by atoms with Crippen molar-refractivity contribution in [2.24, 2.45) is 0 Å². The highest BCUT2D eigenvalue weighted by atomic mass is 16.2. The van der Waals surface area contributed by atoms with Gasteiger partial charge < -0.3 is 5.73 Å². The summed E-state index contributed by atoms with van der Waals surface area (Å²) < 4.78 is 1.10. The van der Waals surface area contributed by atoms with Crippen molar-refractivity contribution in [1.82, 2.24) is 25.0 Å². The molecule has 0 unspecified atom stereocenters. The number of hydrogen-bond donors (Lipinski definition) is 2. The quantitative estimate of drug-likeness (QED) is 0.628. The monoisotopic (exact) mass is 228 g/mol. The Morgan fingerprint density at radius 3 is 3.06 bits per heavy atom. The molecule has 0 saturated carbocycles. The summed E-state index contributed by atoms with van der Waals surface area (Å²) in [5.74, 6) is -0.216. The highest BCUT2D eigenvalue weighted by Crippen LogP contribution is 2.13. The molecule has 17 heavy (non-hydrogen) atoms. The van der Waals surface area contributed by atoms with Crippen LogP contribution in [0.2, 0.25) is 0 Å². The number of H-pyrrole nitrogens is 1. The molecule has 0 radical (unpaired) electrons. The van der Waals surface area contributed by atoms with E-state index in [9.17, 15) is 4.79 Å². The molecule has 2 aromatic heterocycles. The van der Waals surface area contributed by atoms with Crippen LogP contribution in [0, 0.1) is 0 Å². The molecule has 0 amide bonds. The van der Waals surface area contributed by atoms with Crippen LogP contribution >= 0.6 is 0 Å². The van der Waals surface area contributed by atoms with Crippen LogP contribution in [0.5, 0.6) is 0 Å². The number of anilines is 1. The zero-order chi connectivity index (χ0) is 11.8. The first-order valence-corrected chi connectivity index (χ1v) is 4.89. The fourth-order valence-corrected chi connectivity index (χ4v) is 1.58. The van der Waals surface area contributed by atoms with Crippen LogP contribution in [0.4, 0.5) is 5.95 Å². The van der Waals surface area contributed by atoms with Crippen LogP contribution in [0.3, 0.4) is 0 Å². The maximum Gasteiger partial charge on any atom is 0.279 e. The van der Waals surface area contributed by atoms with Gasteiger partial charge in [-0.2, -0.15) is 9.78 Å². The van der Waals surface area contributed by atoms with Gasteiger partial charge in [-0.3, -0.25) is 9.89 Å². The van der Waals surface area contributed by atoms with Crippen molar-refractivity contribution in [3.63, 3.8) is 0 Å². The molecule has 0 atom stereocenters. The average molecular weight is 228 g/mol. The molecule has 0 aliphatic rings. The van der Waals surface area contributed by atoms with Gasteiger partial charge in [0, 0.05) is 10.9 Å². The van der Waals surface area contributed by atoms with Crippen molar-refractivity contribution < 1.29 is 4.79 Å². The molecule has 3 N–H and O–H groups in total. The van der Waals surface area contributed by atoms with Crippen molar-refractivity contribution in [2.45, 2.75) is 0 Å². The van der Waals surface area contributed by atoms with Crippen molar-refractivity contribution in [3.05, 3.63) is 36.3 Å². The van der Waals surface area contributed by atoms with Crippen LogP contribution in [0.25, 0.3) is 10.9 Å². The van der Waals surface area contributed by atoms with Gasteiger partial charge in [0.25, 0.3) is 5.91 Å². The number of carbonyl (C=O) groups is 1. The summed E-state index contributed by atoms with van der Waals surface area (Å²) in [6.07, 6.45) is 2.98. The fourth-order valence-electron chi connectivity index (χ4n) is 1.58. The standard InChI is InChI=1S/C10H8N6O/c11-10-12-5-16(15-10)9(17)6-1-2-7-4-13-14-8(7)3-6/h1-5H,(H2,11,15)(H,13,14). The Morgan fingerprint density at radius 1 is 1.41 bits per heavy atom. The summed E-state index contributed by atoms with van der Waals surface area (Å²) in [6, 6.07) is 5.23. The lowest BCUT2D eigenvalue weighted by Gasteiger charge is -1.99. The van der Waals surface area contributed by atoms with Crippen LogP contribution < -0.4 is 5.73 Å². The van der Waals surface area contributed by atoms with Gasteiger partial charge in [-0.25, -0.2) is 4.98 Å². The Labute approximate surface area is 95.3 Å². The third kappa shape index (κ3) is 1.53. The Hall–Kier alpha value is -2.70. The summed E-state index contributed by atoms with van der Waals surface area (Å²) in [5, 5.41) is 11.4. The van der Waals surface area contributed by atoms with Gasteiger partial charge in [-0.1, -0.05) is 6.07 Å². The van der Waals surface area contributed by atoms with Gasteiger partial charge in [0.15, 0.2) is 0 Å². The van der Waals surface area contributed by atoms with Crippen molar-refractivity contribution in [1.29, 1.82) is 0 Å². The largest absolute Gasteiger partial charge is 0.366 e. The van der Waals surface area contributed by atoms with Gasteiger partial charge in [0.1, 0.15) is 6.33 Å². The topological polar surface area (TPSA) is 102 Å².